The summed E-state index contributed by atoms with van der Waals surface area (Å²) in [4.78, 5) is 11.8. The van der Waals surface area contributed by atoms with E-state index in [-0.39, 0.29) is 12.4 Å². The molecule has 0 bridgehead atoms. The van der Waals surface area contributed by atoms with Crippen LogP contribution in [0.15, 0.2) is 47.1 Å². The van der Waals surface area contributed by atoms with Crippen LogP contribution in [0.3, 0.4) is 0 Å². The fraction of sp³-hybridized carbons (Fsp3) is 0.333. The third kappa shape index (κ3) is 3.46. The molecule has 1 N–H and O–H groups in total. The molecule has 3 heterocycles. The third-order valence-electron chi connectivity index (χ3n) is 4.24. The molecule has 0 radical (unpaired) electrons. The third-order valence-corrected chi connectivity index (χ3v) is 4.24. The Balaban J connectivity index is 0.00000169. The molecule has 0 saturated carbocycles. The quantitative estimate of drug-likeness (QED) is 0.766. The average Bonchev–Trinajstić information content (AvgIpc) is 3.14. The van der Waals surface area contributed by atoms with Gasteiger partial charge in [-0.15, -0.1) is 12.4 Å². The lowest BCUT2D eigenvalue weighted by atomic mass is 10.1. The van der Waals surface area contributed by atoms with E-state index in [0.29, 0.717) is 6.54 Å². The van der Waals surface area contributed by atoms with Crippen LogP contribution < -0.4 is 10.2 Å². The number of nitrogens with zero attached hydrogens (tertiary/aromatic N) is 3. The second kappa shape index (κ2) is 7.53. The summed E-state index contributed by atoms with van der Waals surface area (Å²) in [5.74, 6) is 2.59. The molecular formula is C18H21ClN4O. The Hall–Kier alpha value is -2.27. The minimum absolute atomic E-state index is 0. The summed E-state index contributed by atoms with van der Waals surface area (Å²) in [5.41, 5.74) is 0.977. The number of hydrogen-bond acceptors (Lipinski definition) is 5. The molecule has 0 amide bonds. The topological polar surface area (TPSA) is 54.2 Å². The fourth-order valence-corrected chi connectivity index (χ4v) is 3.02. The maximum atomic E-state index is 5.40. The van der Waals surface area contributed by atoms with Crippen molar-refractivity contribution in [3.63, 3.8) is 0 Å². The smallest absolute Gasteiger partial charge is 0.227 e. The molecule has 0 aliphatic carbocycles. The number of piperidine rings is 1. The lowest BCUT2D eigenvalue weighted by Crippen LogP contribution is -2.31. The maximum Gasteiger partial charge on any atom is 0.227 e. The van der Waals surface area contributed by atoms with Gasteiger partial charge in [0.2, 0.25) is 5.95 Å². The molecule has 4 rings (SSSR count). The Kier molecular flexibility index (Phi) is 5.20. The summed E-state index contributed by atoms with van der Waals surface area (Å²) in [6.45, 7) is 2.69. The number of para-hydroxylation sites is 1. The number of fused-ring (bicyclic) bond motifs is 1. The molecule has 1 aliphatic heterocycles. The van der Waals surface area contributed by atoms with Gasteiger partial charge in [-0.3, -0.25) is 0 Å². The van der Waals surface area contributed by atoms with Gasteiger partial charge >= 0.3 is 0 Å². The van der Waals surface area contributed by atoms with Crippen LogP contribution in [0.5, 0.6) is 0 Å². The van der Waals surface area contributed by atoms with Gasteiger partial charge in [-0.25, -0.2) is 4.98 Å². The number of benzene rings is 1. The Labute approximate surface area is 147 Å². The molecule has 5 nitrogen and oxygen atoms in total. The highest BCUT2D eigenvalue weighted by Gasteiger charge is 2.16. The first-order valence-electron chi connectivity index (χ1n) is 8.18. The molecule has 1 saturated heterocycles. The highest BCUT2D eigenvalue weighted by Crippen LogP contribution is 2.25. The largest absolute Gasteiger partial charge is 0.467 e. The van der Waals surface area contributed by atoms with E-state index in [2.05, 4.69) is 16.3 Å². The molecule has 1 aromatic carbocycles. The van der Waals surface area contributed by atoms with Crippen molar-refractivity contribution in [3.05, 3.63) is 48.4 Å². The molecule has 1 fully saturated rings. The van der Waals surface area contributed by atoms with E-state index < -0.39 is 0 Å². The van der Waals surface area contributed by atoms with Gasteiger partial charge in [0, 0.05) is 18.5 Å². The van der Waals surface area contributed by atoms with Gasteiger partial charge in [-0.1, -0.05) is 12.1 Å². The van der Waals surface area contributed by atoms with Gasteiger partial charge < -0.3 is 14.6 Å². The van der Waals surface area contributed by atoms with Crippen molar-refractivity contribution in [1.29, 1.82) is 0 Å². The number of furan rings is 1. The zero-order valence-electron chi connectivity index (χ0n) is 13.4. The summed E-state index contributed by atoms with van der Waals surface area (Å²) in [5, 5.41) is 4.44. The van der Waals surface area contributed by atoms with Crippen LogP contribution in [0.4, 0.5) is 11.8 Å². The molecule has 1 aliphatic rings. The van der Waals surface area contributed by atoms with E-state index in [0.717, 1.165) is 41.5 Å². The predicted molar refractivity (Wildman–Crippen MR) is 98.9 cm³/mol. The van der Waals surface area contributed by atoms with Crippen molar-refractivity contribution in [2.75, 3.05) is 23.3 Å². The molecule has 0 atom stereocenters. The maximum absolute atomic E-state index is 5.40. The Bertz CT molecular complexity index is 785. The number of hydrogen-bond donors (Lipinski definition) is 1. The number of aromatic nitrogens is 2. The zero-order chi connectivity index (χ0) is 15.5. The van der Waals surface area contributed by atoms with Gasteiger partial charge in [-0.05, 0) is 43.5 Å². The molecule has 6 heteroatoms. The van der Waals surface area contributed by atoms with E-state index >= 15 is 0 Å². The summed E-state index contributed by atoms with van der Waals surface area (Å²) in [6.07, 6.45) is 5.42. The van der Waals surface area contributed by atoms with Crippen LogP contribution in [0, 0.1) is 0 Å². The Morgan fingerprint density at radius 1 is 1.00 bits per heavy atom. The first-order valence-corrected chi connectivity index (χ1v) is 8.18. The number of halogens is 1. The number of rotatable bonds is 4. The molecule has 24 heavy (non-hydrogen) atoms. The number of nitrogens with one attached hydrogen (secondary N) is 1. The van der Waals surface area contributed by atoms with Crippen LogP contribution in [0.1, 0.15) is 25.0 Å². The number of anilines is 2. The van der Waals surface area contributed by atoms with Crippen molar-refractivity contribution >= 4 is 35.1 Å². The first-order chi connectivity index (χ1) is 11.4. The molecule has 0 unspecified atom stereocenters. The second-order valence-electron chi connectivity index (χ2n) is 5.87. The van der Waals surface area contributed by atoms with Crippen molar-refractivity contribution in [3.8, 4) is 0 Å². The fourth-order valence-electron chi connectivity index (χ4n) is 3.02. The predicted octanol–water partition coefficient (Wildman–Crippen LogP) is 4.25. The van der Waals surface area contributed by atoms with E-state index in [1.165, 1.54) is 19.3 Å². The van der Waals surface area contributed by atoms with E-state index in [1.54, 1.807) is 6.26 Å². The standard InChI is InChI=1S/C18H20N4O.ClH/c1-4-10-22(11-5-1)18-20-16-9-3-2-8-15(16)17(21-18)19-13-14-7-6-12-23-14;/h2-3,6-9,12H,1,4-5,10-11,13H2,(H,19,20,21);1H. The minimum Gasteiger partial charge on any atom is -0.467 e. The Morgan fingerprint density at radius 3 is 2.62 bits per heavy atom. The van der Waals surface area contributed by atoms with Crippen molar-refractivity contribution < 1.29 is 4.42 Å². The van der Waals surface area contributed by atoms with E-state index in [1.807, 2.05) is 30.3 Å². The van der Waals surface area contributed by atoms with Crippen LogP contribution in [-0.4, -0.2) is 23.1 Å². The van der Waals surface area contributed by atoms with Gasteiger partial charge in [-0.2, -0.15) is 4.98 Å². The van der Waals surface area contributed by atoms with Crippen molar-refractivity contribution in [1.82, 2.24) is 9.97 Å². The lowest BCUT2D eigenvalue weighted by Gasteiger charge is -2.27. The SMILES string of the molecule is Cl.c1coc(CNc2nc(N3CCCCC3)nc3ccccc23)c1. The van der Waals surface area contributed by atoms with E-state index in [9.17, 15) is 0 Å². The average molecular weight is 345 g/mol. The monoisotopic (exact) mass is 344 g/mol. The summed E-state index contributed by atoms with van der Waals surface area (Å²) in [7, 11) is 0. The minimum atomic E-state index is 0. The first kappa shape index (κ1) is 16.6. The van der Waals surface area contributed by atoms with Crippen molar-refractivity contribution in [2.45, 2.75) is 25.8 Å². The summed E-state index contributed by atoms with van der Waals surface area (Å²) >= 11 is 0. The van der Waals surface area contributed by atoms with Crippen molar-refractivity contribution in [2.24, 2.45) is 0 Å². The van der Waals surface area contributed by atoms with Crippen LogP contribution in [-0.2, 0) is 6.54 Å². The summed E-state index contributed by atoms with van der Waals surface area (Å²) < 4.78 is 5.40. The molecular weight excluding hydrogens is 324 g/mol. The van der Waals surface area contributed by atoms with Gasteiger partial charge in [0.1, 0.15) is 11.6 Å². The zero-order valence-corrected chi connectivity index (χ0v) is 14.3. The highest BCUT2D eigenvalue weighted by molar-refractivity contribution is 5.90. The highest BCUT2D eigenvalue weighted by atomic mass is 35.5. The molecule has 126 valence electrons. The molecule has 0 spiro atoms. The second-order valence-corrected chi connectivity index (χ2v) is 5.87. The van der Waals surface area contributed by atoms with E-state index in [4.69, 9.17) is 14.4 Å². The van der Waals surface area contributed by atoms with Crippen LogP contribution >= 0.6 is 12.4 Å². The van der Waals surface area contributed by atoms with Gasteiger partial charge in [0.15, 0.2) is 0 Å². The molecule has 3 aromatic rings. The molecule has 2 aromatic heterocycles. The van der Waals surface area contributed by atoms with Crippen LogP contribution in [0.2, 0.25) is 0 Å². The van der Waals surface area contributed by atoms with Crippen LogP contribution in [0.25, 0.3) is 10.9 Å². The summed E-state index contributed by atoms with van der Waals surface area (Å²) in [6, 6.07) is 12.0. The van der Waals surface area contributed by atoms with Gasteiger partial charge in [0.25, 0.3) is 0 Å². The van der Waals surface area contributed by atoms with Gasteiger partial charge in [0.05, 0.1) is 18.3 Å². The Morgan fingerprint density at radius 2 is 1.83 bits per heavy atom. The normalized spacial score (nSPS) is 14.4. The lowest BCUT2D eigenvalue weighted by molar-refractivity contribution is 0.518.